The summed E-state index contributed by atoms with van der Waals surface area (Å²) in [5.41, 5.74) is 7.50. The number of benzene rings is 1. The smallest absolute Gasteiger partial charge is 0.325 e. The van der Waals surface area contributed by atoms with Gasteiger partial charge in [0.25, 0.3) is 5.91 Å². The molecule has 1 aliphatic heterocycles. The Labute approximate surface area is 210 Å². The zero-order chi connectivity index (χ0) is 26.0. The van der Waals surface area contributed by atoms with Gasteiger partial charge < -0.3 is 15.6 Å². The number of anilines is 2. The second-order valence-corrected chi connectivity index (χ2v) is 9.37. The fourth-order valence-electron chi connectivity index (χ4n) is 4.61. The minimum atomic E-state index is -0.989. The number of imide groups is 1. The number of urea groups is 1. The molecule has 1 aliphatic rings. The quantitative estimate of drug-likeness (QED) is 0.491. The molecule has 4 rings (SSSR count). The van der Waals surface area contributed by atoms with E-state index in [1.807, 2.05) is 44.2 Å². The van der Waals surface area contributed by atoms with Gasteiger partial charge in [0.2, 0.25) is 11.9 Å². The predicted molar refractivity (Wildman–Crippen MR) is 136 cm³/mol. The predicted octanol–water partition coefficient (Wildman–Crippen LogP) is 2.54. The van der Waals surface area contributed by atoms with Crippen LogP contribution in [-0.4, -0.2) is 50.4 Å². The number of amides is 4. The molecule has 3 N–H and O–H groups in total. The van der Waals surface area contributed by atoms with Crippen molar-refractivity contribution in [2.24, 2.45) is 18.9 Å². The van der Waals surface area contributed by atoms with Crippen molar-refractivity contribution in [1.82, 2.24) is 24.8 Å². The number of β-lactam (4-membered cyclic amide) rings is 1. The number of likely N-dealkylation sites (tertiary alicyclic amines) is 1. The molecule has 0 bridgehead atoms. The highest BCUT2D eigenvalue weighted by Crippen LogP contribution is 2.33. The van der Waals surface area contributed by atoms with Crippen LogP contribution in [0.2, 0.25) is 0 Å². The Hall–Kier alpha value is -4.21. The molecule has 188 valence electrons. The lowest BCUT2D eigenvalue weighted by Gasteiger charge is -2.46. The van der Waals surface area contributed by atoms with Crippen molar-refractivity contribution in [3.8, 4) is 0 Å². The van der Waals surface area contributed by atoms with Gasteiger partial charge in [0, 0.05) is 32.7 Å². The van der Waals surface area contributed by atoms with Gasteiger partial charge in [-0.3, -0.25) is 19.4 Å². The molecule has 0 spiro atoms. The topological polar surface area (TPSA) is 126 Å². The third-order valence-corrected chi connectivity index (χ3v) is 6.52. The van der Waals surface area contributed by atoms with E-state index in [0.29, 0.717) is 11.8 Å². The normalized spacial score (nSPS) is 18.0. The Morgan fingerprint density at radius 1 is 1.14 bits per heavy atom. The van der Waals surface area contributed by atoms with Crippen molar-refractivity contribution in [1.29, 1.82) is 0 Å². The van der Waals surface area contributed by atoms with Crippen LogP contribution in [0.3, 0.4) is 0 Å². The lowest BCUT2D eigenvalue weighted by Crippen LogP contribution is -2.70. The van der Waals surface area contributed by atoms with Crippen LogP contribution in [0.15, 0.2) is 61.1 Å². The molecule has 1 saturated heterocycles. The van der Waals surface area contributed by atoms with Crippen molar-refractivity contribution in [3.63, 3.8) is 0 Å². The van der Waals surface area contributed by atoms with Gasteiger partial charge in [0.15, 0.2) is 0 Å². The molecule has 2 aromatic heterocycles. The molecule has 0 radical (unpaired) electrons. The molecular formula is C26H31N7O3. The number of hydrogen-bond donors (Lipinski definition) is 2. The molecule has 3 atom stereocenters. The average Bonchev–Trinajstić information content (AvgIpc) is 3.29. The maximum absolute atomic E-state index is 13.7. The summed E-state index contributed by atoms with van der Waals surface area (Å²) in [6, 6.07) is 11.1. The number of aromatic nitrogens is 3. The third kappa shape index (κ3) is 4.79. The fraction of sp³-hybridized carbons (Fsp3) is 0.346. The van der Waals surface area contributed by atoms with Crippen LogP contribution in [-0.2, 0) is 23.1 Å². The van der Waals surface area contributed by atoms with Crippen LogP contribution in [0, 0.1) is 11.8 Å². The van der Waals surface area contributed by atoms with E-state index >= 15 is 0 Å². The van der Waals surface area contributed by atoms with Crippen molar-refractivity contribution in [3.05, 3.63) is 72.2 Å². The number of rotatable bonds is 7. The second kappa shape index (κ2) is 10.2. The van der Waals surface area contributed by atoms with Crippen LogP contribution in [0.4, 0.5) is 16.6 Å². The summed E-state index contributed by atoms with van der Waals surface area (Å²) in [6.45, 7) is 3.98. The molecule has 36 heavy (non-hydrogen) atoms. The molecule has 1 aromatic carbocycles. The standard InChI is InChI=1S/C26H31N7O3/c1-16(2)21(18-8-6-5-7-9-18)30-26(36)33-22(24(35)32(4)25-29-12-13-31(25)3)19(23(33)34)14-17-10-11-28-20(27)15-17/h5-13,15-16,19,21-22H,14H2,1-4H3,(H2,27,28)(H,30,36)/t19-,21?,22+/m1/s1. The molecule has 1 unspecified atom stereocenters. The Balaban J connectivity index is 1.62. The summed E-state index contributed by atoms with van der Waals surface area (Å²) in [5, 5.41) is 2.97. The summed E-state index contributed by atoms with van der Waals surface area (Å²) < 4.78 is 1.70. The maximum Gasteiger partial charge on any atom is 0.325 e. The van der Waals surface area contributed by atoms with E-state index in [2.05, 4.69) is 15.3 Å². The van der Waals surface area contributed by atoms with Gasteiger partial charge >= 0.3 is 6.03 Å². The summed E-state index contributed by atoms with van der Waals surface area (Å²) in [4.78, 5) is 51.0. The maximum atomic E-state index is 13.7. The van der Waals surface area contributed by atoms with E-state index in [-0.39, 0.29) is 18.4 Å². The lowest BCUT2D eigenvalue weighted by molar-refractivity contribution is -0.156. The first-order chi connectivity index (χ1) is 17.2. The first-order valence-corrected chi connectivity index (χ1v) is 11.8. The van der Waals surface area contributed by atoms with E-state index in [9.17, 15) is 14.4 Å². The number of pyridine rings is 1. The van der Waals surface area contributed by atoms with Crippen LogP contribution in [0.25, 0.3) is 0 Å². The van der Waals surface area contributed by atoms with Crippen molar-refractivity contribution < 1.29 is 14.4 Å². The molecule has 1 fully saturated rings. The Morgan fingerprint density at radius 2 is 1.86 bits per heavy atom. The van der Waals surface area contributed by atoms with E-state index in [0.717, 1.165) is 16.0 Å². The number of nitrogens with two attached hydrogens (primary N) is 1. The summed E-state index contributed by atoms with van der Waals surface area (Å²) >= 11 is 0. The SMILES string of the molecule is CC(C)C(NC(=O)N1C(=O)[C@H](Cc2ccnc(N)c2)[C@H]1C(=O)N(C)c1nccn1C)c1ccccc1. The van der Waals surface area contributed by atoms with Crippen LogP contribution in [0.5, 0.6) is 0 Å². The summed E-state index contributed by atoms with van der Waals surface area (Å²) in [6.07, 6.45) is 5.12. The number of imidazole rings is 1. The minimum Gasteiger partial charge on any atom is -0.384 e. The molecule has 10 nitrogen and oxygen atoms in total. The van der Waals surface area contributed by atoms with E-state index in [4.69, 9.17) is 5.73 Å². The number of carbonyl (C=O) groups excluding carboxylic acids is 3. The van der Waals surface area contributed by atoms with Crippen molar-refractivity contribution in [2.75, 3.05) is 17.7 Å². The number of nitrogen functional groups attached to an aromatic ring is 1. The second-order valence-electron chi connectivity index (χ2n) is 9.37. The highest BCUT2D eigenvalue weighted by atomic mass is 16.2. The summed E-state index contributed by atoms with van der Waals surface area (Å²) in [5.74, 6) is -0.730. The van der Waals surface area contributed by atoms with Crippen molar-refractivity contribution in [2.45, 2.75) is 32.4 Å². The Bertz CT molecular complexity index is 1260. The fourth-order valence-corrected chi connectivity index (χ4v) is 4.61. The largest absolute Gasteiger partial charge is 0.384 e. The van der Waals surface area contributed by atoms with Gasteiger partial charge in [-0.25, -0.2) is 14.8 Å². The van der Waals surface area contributed by atoms with Crippen LogP contribution in [0.1, 0.15) is 31.0 Å². The molecule has 10 heteroatoms. The Kier molecular flexibility index (Phi) is 7.05. The van der Waals surface area contributed by atoms with Gasteiger partial charge in [-0.05, 0) is 35.6 Å². The van der Waals surface area contributed by atoms with Gasteiger partial charge in [-0.15, -0.1) is 0 Å². The highest BCUT2D eigenvalue weighted by molar-refractivity contribution is 6.12. The monoisotopic (exact) mass is 489 g/mol. The van der Waals surface area contributed by atoms with Gasteiger partial charge in [0.05, 0.1) is 12.0 Å². The lowest BCUT2D eigenvalue weighted by atomic mass is 9.81. The molecule has 4 amide bonds. The number of nitrogens with one attached hydrogen (secondary N) is 1. The van der Waals surface area contributed by atoms with Crippen LogP contribution < -0.4 is 16.0 Å². The van der Waals surface area contributed by atoms with E-state index in [1.54, 1.807) is 49.4 Å². The minimum absolute atomic E-state index is 0.0627. The average molecular weight is 490 g/mol. The molecule has 0 saturated carbocycles. The number of nitrogens with zero attached hydrogens (tertiary/aromatic N) is 5. The zero-order valence-corrected chi connectivity index (χ0v) is 20.8. The first-order valence-electron chi connectivity index (χ1n) is 11.8. The number of carbonyl (C=O) groups is 3. The molecule has 3 aromatic rings. The molecule has 0 aliphatic carbocycles. The van der Waals surface area contributed by atoms with E-state index in [1.165, 1.54) is 4.90 Å². The highest BCUT2D eigenvalue weighted by Gasteiger charge is 2.55. The molecular weight excluding hydrogens is 458 g/mol. The van der Waals surface area contributed by atoms with Gasteiger partial charge in [-0.1, -0.05) is 44.2 Å². The number of likely N-dealkylation sites (N-methyl/N-ethyl adjacent to an activating group) is 1. The first kappa shape index (κ1) is 24.9. The van der Waals surface area contributed by atoms with Crippen LogP contribution >= 0.6 is 0 Å². The number of aryl methyl sites for hydroxylation is 1. The molecule has 3 heterocycles. The van der Waals surface area contributed by atoms with Crippen molar-refractivity contribution >= 4 is 29.6 Å². The van der Waals surface area contributed by atoms with Gasteiger partial charge in [0.1, 0.15) is 11.9 Å². The van der Waals surface area contributed by atoms with E-state index < -0.39 is 29.8 Å². The third-order valence-electron chi connectivity index (χ3n) is 6.52. The van der Waals surface area contributed by atoms with Gasteiger partial charge in [-0.2, -0.15) is 0 Å². The number of hydrogen-bond acceptors (Lipinski definition) is 6. The zero-order valence-electron chi connectivity index (χ0n) is 20.8. The Morgan fingerprint density at radius 3 is 2.47 bits per heavy atom. The summed E-state index contributed by atoms with van der Waals surface area (Å²) in [7, 11) is 3.36.